The molecule has 0 spiro atoms. The van der Waals surface area contributed by atoms with E-state index in [1.165, 1.54) is 0 Å². The van der Waals surface area contributed by atoms with Crippen LogP contribution in [-0.4, -0.2) is 43.4 Å². The summed E-state index contributed by atoms with van der Waals surface area (Å²) in [6, 6.07) is 5.47. The van der Waals surface area contributed by atoms with Gasteiger partial charge in [0.05, 0.1) is 32.1 Å². The molecule has 1 aromatic carbocycles. The third kappa shape index (κ3) is 3.59. The lowest BCUT2D eigenvalue weighted by Gasteiger charge is -2.26. The van der Waals surface area contributed by atoms with Crippen molar-refractivity contribution in [2.75, 3.05) is 37.4 Å². The van der Waals surface area contributed by atoms with Gasteiger partial charge in [0, 0.05) is 11.8 Å². The molecule has 1 aliphatic heterocycles. The lowest BCUT2D eigenvalue weighted by Crippen LogP contribution is -2.35. The van der Waals surface area contributed by atoms with Crippen LogP contribution < -0.4 is 15.8 Å². The van der Waals surface area contributed by atoms with Gasteiger partial charge in [-0.2, -0.15) is 0 Å². The Kier molecular flexibility index (Phi) is 4.59. The maximum absolute atomic E-state index is 8.58. The fraction of sp³-hybridized carbons (Fsp3) is 0.462. The molecule has 0 saturated carbocycles. The predicted molar refractivity (Wildman–Crippen MR) is 74.8 cm³/mol. The summed E-state index contributed by atoms with van der Waals surface area (Å²) >= 11 is 0. The van der Waals surface area contributed by atoms with Crippen LogP contribution in [0.4, 0.5) is 11.4 Å². The van der Waals surface area contributed by atoms with Gasteiger partial charge in [-0.3, -0.25) is 4.99 Å². The normalized spacial score (nSPS) is 19.7. The first-order valence-corrected chi connectivity index (χ1v) is 6.27. The molecule has 2 rings (SSSR count). The molecule has 0 saturated heterocycles. The Bertz CT molecular complexity index is 462. The second-order valence-corrected chi connectivity index (χ2v) is 4.24. The fourth-order valence-electron chi connectivity index (χ4n) is 1.79. The molecule has 1 heterocycles. The van der Waals surface area contributed by atoms with E-state index in [-0.39, 0.29) is 12.7 Å². The number of hydrogen-bond acceptors (Lipinski definition) is 5. The van der Waals surface area contributed by atoms with Gasteiger partial charge in [-0.1, -0.05) is 0 Å². The molecule has 0 amide bonds. The van der Waals surface area contributed by atoms with E-state index in [0.717, 1.165) is 17.3 Å². The number of nitrogens with one attached hydrogen (secondary N) is 1. The first-order valence-electron chi connectivity index (χ1n) is 6.27. The van der Waals surface area contributed by atoms with E-state index in [0.29, 0.717) is 25.4 Å². The molecule has 1 aromatic rings. The number of aliphatic hydroxyl groups is 1. The summed E-state index contributed by atoms with van der Waals surface area (Å²) in [6.07, 6.45) is -0.146. The highest BCUT2D eigenvalue weighted by Crippen LogP contribution is 2.31. The molecule has 19 heavy (non-hydrogen) atoms. The lowest BCUT2D eigenvalue weighted by atomic mass is 10.2. The largest absolute Gasteiger partial charge is 0.481 e. The Labute approximate surface area is 112 Å². The molecule has 0 radical (unpaired) electrons. The quantitative estimate of drug-likeness (QED) is 0.543. The predicted octanol–water partition coefficient (Wildman–Crippen LogP) is 0.869. The molecule has 6 nitrogen and oxygen atoms in total. The molecule has 1 unspecified atom stereocenters. The van der Waals surface area contributed by atoms with Gasteiger partial charge in [0.1, 0.15) is 11.6 Å². The molecule has 6 heteroatoms. The number of anilines is 2. The maximum atomic E-state index is 8.58. The van der Waals surface area contributed by atoms with Gasteiger partial charge < -0.3 is 25.6 Å². The van der Waals surface area contributed by atoms with Crippen molar-refractivity contribution in [2.45, 2.75) is 13.0 Å². The van der Waals surface area contributed by atoms with Crippen LogP contribution in [0.25, 0.3) is 0 Å². The number of benzene rings is 1. The number of fused-ring (bicyclic) bond motifs is 1. The van der Waals surface area contributed by atoms with Crippen LogP contribution in [0, 0.1) is 0 Å². The molecule has 4 N–H and O–H groups in total. The van der Waals surface area contributed by atoms with Crippen molar-refractivity contribution in [3.63, 3.8) is 0 Å². The summed E-state index contributed by atoms with van der Waals surface area (Å²) in [5.74, 6) is 1.51. The van der Waals surface area contributed by atoms with Crippen molar-refractivity contribution in [1.29, 1.82) is 0 Å². The van der Waals surface area contributed by atoms with Crippen LogP contribution in [0.15, 0.2) is 23.2 Å². The summed E-state index contributed by atoms with van der Waals surface area (Å²) in [6.45, 7) is 3.30. The molecule has 104 valence electrons. The van der Waals surface area contributed by atoms with Crippen LogP contribution in [-0.2, 0) is 4.74 Å². The second kappa shape index (κ2) is 6.40. The molecule has 0 bridgehead atoms. The topological polar surface area (TPSA) is 89.1 Å². The lowest BCUT2D eigenvalue weighted by molar-refractivity contribution is 0.0977. The summed E-state index contributed by atoms with van der Waals surface area (Å²) < 4.78 is 10.9. The molecular weight excluding hydrogens is 246 g/mol. The third-order valence-corrected chi connectivity index (χ3v) is 2.71. The summed E-state index contributed by atoms with van der Waals surface area (Å²) in [4.78, 5) is 4.40. The Morgan fingerprint density at radius 1 is 1.47 bits per heavy atom. The van der Waals surface area contributed by atoms with Crippen molar-refractivity contribution in [2.24, 2.45) is 4.99 Å². The number of aliphatic hydroxyl groups excluding tert-OH is 1. The minimum absolute atomic E-state index is 0.0309. The molecule has 1 atom stereocenters. The van der Waals surface area contributed by atoms with Crippen molar-refractivity contribution in [1.82, 2.24) is 0 Å². The van der Waals surface area contributed by atoms with Gasteiger partial charge in [0.25, 0.3) is 0 Å². The molecule has 0 aliphatic carbocycles. The molecular formula is C13H19N3O3. The minimum atomic E-state index is -0.146. The second-order valence-electron chi connectivity index (χ2n) is 4.24. The molecule has 1 aliphatic rings. The minimum Gasteiger partial charge on any atom is -0.481 e. The molecule has 0 aromatic heterocycles. The van der Waals surface area contributed by atoms with E-state index in [9.17, 15) is 0 Å². The number of nitrogen functional groups attached to an aromatic ring is 1. The van der Waals surface area contributed by atoms with Gasteiger partial charge in [-0.15, -0.1) is 0 Å². The monoisotopic (exact) mass is 265 g/mol. The zero-order valence-electron chi connectivity index (χ0n) is 10.9. The first kappa shape index (κ1) is 13.6. The highest BCUT2D eigenvalue weighted by molar-refractivity contribution is 6.01. The van der Waals surface area contributed by atoms with E-state index in [4.69, 9.17) is 20.3 Å². The first-order chi connectivity index (χ1) is 9.20. The fourth-order valence-corrected chi connectivity index (χ4v) is 1.79. The van der Waals surface area contributed by atoms with E-state index in [2.05, 4.69) is 10.3 Å². The van der Waals surface area contributed by atoms with Crippen LogP contribution >= 0.6 is 0 Å². The zero-order valence-corrected chi connectivity index (χ0v) is 10.9. The van der Waals surface area contributed by atoms with Crippen LogP contribution in [0.5, 0.6) is 5.75 Å². The summed E-state index contributed by atoms with van der Waals surface area (Å²) in [7, 11) is 0. The number of ether oxygens (including phenoxy) is 2. The van der Waals surface area contributed by atoms with Gasteiger partial charge in [0.2, 0.25) is 0 Å². The van der Waals surface area contributed by atoms with Crippen LogP contribution in [0.3, 0.4) is 0 Å². The Balaban J connectivity index is 1.97. The Morgan fingerprint density at radius 3 is 3.11 bits per heavy atom. The van der Waals surface area contributed by atoms with Crippen molar-refractivity contribution in [3.05, 3.63) is 18.2 Å². The maximum Gasteiger partial charge on any atom is 0.153 e. The number of hydrogen-bond donors (Lipinski definition) is 3. The Hall–Kier alpha value is -1.79. The highest BCUT2D eigenvalue weighted by Gasteiger charge is 2.21. The van der Waals surface area contributed by atoms with Crippen molar-refractivity contribution in [3.8, 4) is 5.75 Å². The Morgan fingerprint density at radius 2 is 2.32 bits per heavy atom. The average molecular weight is 265 g/mol. The van der Waals surface area contributed by atoms with E-state index >= 15 is 0 Å². The zero-order chi connectivity index (χ0) is 13.7. The van der Waals surface area contributed by atoms with Crippen molar-refractivity contribution >= 4 is 17.2 Å². The van der Waals surface area contributed by atoms with Gasteiger partial charge in [-0.05, 0) is 19.1 Å². The SMILES string of the molecule is CC1Oc2cc(N)ccc2NC1=NCCOCCO. The van der Waals surface area contributed by atoms with Crippen LogP contribution in [0.1, 0.15) is 6.92 Å². The molecule has 0 fully saturated rings. The van der Waals surface area contributed by atoms with E-state index in [1.807, 2.05) is 19.1 Å². The standard InChI is InChI=1S/C13H19N3O3/c1-9-13(15-4-6-18-7-5-17)16-11-3-2-10(14)8-12(11)19-9/h2-3,8-9,17H,4-7,14H2,1H3,(H,15,16). The van der Waals surface area contributed by atoms with Gasteiger partial charge in [-0.25, -0.2) is 0 Å². The number of nitrogens with two attached hydrogens (primary N) is 1. The summed E-state index contributed by atoms with van der Waals surface area (Å²) in [5, 5.41) is 11.8. The smallest absolute Gasteiger partial charge is 0.153 e. The van der Waals surface area contributed by atoms with Crippen LogP contribution in [0.2, 0.25) is 0 Å². The van der Waals surface area contributed by atoms with Gasteiger partial charge >= 0.3 is 0 Å². The number of rotatable bonds is 5. The van der Waals surface area contributed by atoms with Crippen molar-refractivity contribution < 1.29 is 14.6 Å². The average Bonchev–Trinajstić information content (AvgIpc) is 2.39. The number of amidine groups is 1. The number of nitrogens with zero attached hydrogens (tertiary/aromatic N) is 1. The van der Waals surface area contributed by atoms with E-state index in [1.54, 1.807) is 6.07 Å². The summed E-state index contributed by atoms with van der Waals surface area (Å²) in [5.41, 5.74) is 7.25. The van der Waals surface area contributed by atoms with Gasteiger partial charge in [0.15, 0.2) is 6.10 Å². The highest BCUT2D eigenvalue weighted by atomic mass is 16.5. The number of aliphatic imine (C=N–C) groups is 1. The third-order valence-electron chi connectivity index (χ3n) is 2.71. The van der Waals surface area contributed by atoms with E-state index < -0.39 is 0 Å².